The van der Waals surface area contributed by atoms with Gasteiger partial charge in [-0.1, -0.05) is 44.2 Å². The van der Waals surface area contributed by atoms with Crippen molar-refractivity contribution in [2.75, 3.05) is 87.6 Å². The number of carbonyl (C=O) groups is 11. The number of benzene rings is 4. The maximum atomic E-state index is 14.6. The first-order valence-electron chi connectivity index (χ1n) is 30.4. The lowest BCUT2D eigenvalue weighted by Gasteiger charge is -2.26. The van der Waals surface area contributed by atoms with Gasteiger partial charge in [0.2, 0.25) is 17.7 Å². The number of halogens is 1. The van der Waals surface area contributed by atoms with Crippen LogP contribution in [0.15, 0.2) is 109 Å². The van der Waals surface area contributed by atoms with Crippen LogP contribution in [0.1, 0.15) is 83.0 Å². The second-order valence-corrected chi connectivity index (χ2v) is 23.0. The van der Waals surface area contributed by atoms with E-state index in [1.54, 1.807) is 84.1 Å². The molecule has 0 spiro atoms. The standard InChI is InChI=1S/C65H74ClN13O16/c1-38(2)57(74-63(89)93-31-30-92-29-28-78-53(82)22-23-54(78)83)60(86)73-47(10-6-24-69-62(68)88)59(85)70-43-16-12-40(13-17-43)37-94-64(90)75(4)26-27-76(25-7-11-51(67)81)65(91)95-50-32-49-56(55-39(3)8-5-9-46(50)55)42(33-66)34-79(49)61(87)48-36-77-35-44(18-21-52(77)72-48)71-58(84)41-14-19-45(80)20-15-41/h5,8-9,12-23,32,35-36,38,42,47,57,80H,6-7,10-11,24-31,33-34,37H2,1-4H3,(H2,67,81)(H,70,85)(H,71,84)(H,73,86)(H,74,89)(H3,68,69,88)/t42-,47+,57+/m1/s1. The molecule has 8 rings (SSSR count). The quantitative estimate of drug-likeness (QED) is 0.0154. The third-order valence-corrected chi connectivity index (χ3v) is 15.9. The number of alkyl carbamates (subject to hydrolysis) is 1. The van der Waals surface area contributed by atoms with Crippen molar-refractivity contribution in [1.29, 1.82) is 0 Å². The molecule has 4 heterocycles. The molecule has 0 aliphatic carbocycles. The van der Waals surface area contributed by atoms with Gasteiger partial charge in [0.15, 0.2) is 0 Å². The SMILES string of the molecule is Cc1cccc2c(OC(=O)N(CCCC(N)=O)CCN(C)C(=O)OCc3ccc(NC(=O)[C@H](CCCNC(N)=O)NC(=O)[C@@H](NC(=O)OCCOCCN4C(=O)C=CC4=O)C(C)C)cc3)cc3c(c12)[C@H](CCl)CN3C(=O)c1cn2cc(NC(=O)c3ccc(O)cc3)ccc2n1. The zero-order chi connectivity index (χ0) is 68.5. The fourth-order valence-corrected chi connectivity index (χ4v) is 10.7. The van der Waals surface area contributed by atoms with Crippen LogP contribution < -0.4 is 47.7 Å². The van der Waals surface area contributed by atoms with Gasteiger partial charge in [-0.2, -0.15) is 0 Å². The molecule has 2 aliphatic heterocycles. The number of rotatable bonds is 30. The number of imide groups is 1. The van der Waals surface area contributed by atoms with E-state index in [0.717, 1.165) is 33.6 Å². The fraction of sp³-hybridized carbons (Fsp3) is 0.354. The summed E-state index contributed by atoms with van der Waals surface area (Å²) >= 11 is 6.64. The summed E-state index contributed by atoms with van der Waals surface area (Å²) in [7, 11) is 1.47. The summed E-state index contributed by atoms with van der Waals surface area (Å²) in [6, 6.07) is 19.4. The van der Waals surface area contributed by atoms with Gasteiger partial charge < -0.3 is 81.2 Å². The molecule has 0 radical (unpaired) electrons. The molecule has 0 saturated carbocycles. The fourth-order valence-electron chi connectivity index (χ4n) is 10.5. The maximum absolute atomic E-state index is 14.6. The molecule has 4 aromatic carbocycles. The molecule has 30 heteroatoms. The molecule has 0 unspecified atom stereocenters. The number of likely N-dealkylation sites (N-methyl/N-ethyl adjacent to an activating group) is 1. The lowest BCUT2D eigenvalue weighted by atomic mass is 9.92. The number of alkyl halides is 1. The number of ether oxygens (including phenoxy) is 4. The van der Waals surface area contributed by atoms with Gasteiger partial charge in [-0.05, 0) is 103 Å². The highest BCUT2D eigenvalue weighted by Gasteiger charge is 2.37. The minimum Gasteiger partial charge on any atom is -0.508 e. The summed E-state index contributed by atoms with van der Waals surface area (Å²) in [5, 5.41) is 24.1. The molecule has 0 bridgehead atoms. The number of phenolic OH excluding ortho intramolecular Hbond substituents is 1. The normalized spacial score (nSPS) is 13.9. The Labute approximate surface area is 550 Å². The van der Waals surface area contributed by atoms with Gasteiger partial charge in [0.1, 0.15) is 48.1 Å². The van der Waals surface area contributed by atoms with Gasteiger partial charge in [0, 0.05) is 105 Å². The van der Waals surface area contributed by atoms with Gasteiger partial charge in [0.05, 0.1) is 31.1 Å². The number of hydrogen-bond acceptors (Lipinski definition) is 17. The number of nitrogens with zero attached hydrogens (tertiary/aromatic N) is 6. The molecule has 502 valence electrons. The number of primary amides is 2. The number of pyridine rings is 1. The summed E-state index contributed by atoms with van der Waals surface area (Å²) in [6.07, 6.45) is 3.31. The third-order valence-electron chi connectivity index (χ3n) is 15.5. The van der Waals surface area contributed by atoms with E-state index in [4.69, 9.17) is 42.0 Å². The van der Waals surface area contributed by atoms with Gasteiger partial charge >= 0.3 is 24.3 Å². The number of hydrogen-bond donors (Lipinski definition) is 8. The Morgan fingerprint density at radius 1 is 0.800 bits per heavy atom. The Hall–Kier alpha value is -10.8. The number of carbonyl (C=O) groups excluding carboxylic acids is 11. The first-order valence-corrected chi connectivity index (χ1v) is 31.0. The first kappa shape index (κ1) is 70.1. The van der Waals surface area contributed by atoms with Crippen LogP contribution in [-0.2, 0) is 44.8 Å². The second-order valence-electron chi connectivity index (χ2n) is 22.7. The molecular weight excluding hydrogens is 1250 g/mol. The number of fused-ring (bicyclic) bond motifs is 4. The summed E-state index contributed by atoms with van der Waals surface area (Å²) in [4.78, 5) is 152. The molecule has 29 nitrogen and oxygen atoms in total. The average molecular weight is 1330 g/mol. The van der Waals surface area contributed by atoms with Crippen LogP contribution in [-0.4, -0.2) is 179 Å². The zero-order valence-corrected chi connectivity index (χ0v) is 53.4. The number of nitrogens with two attached hydrogens (primary N) is 2. The van der Waals surface area contributed by atoms with E-state index in [-0.39, 0.29) is 120 Å². The molecule has 0 fully saturated rings. The molecular formula is C65H74ClN13O16. The minimum atomic E-state index is -1.17. The van der Waals surface area contributed by atoms with Crippen LogP contribution in [0, 0.1) is 12.8 Å². The Morgan fingerprint density at radius 3 is 2.22 bits per heavy atom. The number of aromatic hydroxyl groups is 1. The summed E-state index contributed by atoms with van der Waals surface area (Å²) in [5.74, 6) is -4.23. The number of anilines is 3. The van der Waals surface area contributed by atoms with E-state index < -0.39 is 83.7 Å². The van der Waals surface area contributed by atoms with Gasteiger partial charge in [-0.15, -0.1) is 11.6 Å². The molecule has 3 atom stereocenters. The highest BCUT2D eigenvalue weighted by Crippen LogP contribution is 2.47. The lowest BCUT2D eigenvalue weighted by Crippen LogP contribution is -2.54. The molecule has 2 aliphatic rings. The van der Waals surface area contributed by atoms with Crippen molar-refractivity contribution >= 4 is 111 Å². The van der Waals surface area contributed by atoms with Crippen molar-refractivity contribution in [2.24, 2.45) is 17.4 Å². The van der Waals surface area contributed by atoms with Crippen molar-refractivity contribution in [2.45, 2.75) is 71.1 Å². The molecule has 0 saturated heterocycles. The summed E-state index contributed by atoms with van der Waals surface area (Å²) < 4.78 is 24.0. The van der Waals surface area contributed by atoms with Crippen molar-refractivity contribution < 1.29 is 76.8 Å². The van der Waals surface area contributed by atoms with E-state index in [2.05, 4.69) is 31.6 Å². The highest BCUT2D eigenvalue weighted by atomic mass is 35.5. The van der Waals surface area contributed by atoms with E-state index in [1.165, 1.54) is 41.1 Å². The Bertz CT molecular complexity index is 3880. The predicted octanol–water partition coefficient (Wildman–Crippen LogP) is 5.64. The van der Waals surface area contributed by atoms with Crippen LogP contribution in [0.5, 0.6) is 11.5 Å². The van der Waals surface area contributed by atoms with Crippen molar-refractivity contribution in [3.8, 4) is 11.5 Å². The number of imidazole rings is 1. The largest absolute Gasteiger partial charge is 0.508 e. The monoisotopic (exact) mass is 1330 g/mol. The maximum Gasteiger partial charge on any atom is 0.415 e. The number of aryl methyl sites for hydroxylation is 1. The molecule has 95 heavy (non-hydrogen) atoms. The van der Waals surface area contributed by atoms with Crippen LogP contribution in [0.25, 0.3) is 16.4 Å². The molecule has 2 aromatic heterocycles. The first-order chi connectivity index (χ1) is 45.5. The number of aromatic nitrogens is 2. The van der Waals surface area contributed by atoms with Gasteiger partial charge in [-0.3, -0.25) is 38.5 Å². The van der Waals surface area contributed by atoms with Crippen LogP contribution in [0.3, 0.4) is 0 Å². The molecule has 12 amide bonds. The predicted molar refractivity (Wildman–Crippen MR) is 348 cm³/mol. The Balaban J connectivity index is 0.869. The lowest BCUT2D eigenvalue weighted by molar-refractivity contribution is -0.137. The summed E-state index contributed by atoms with van der Waals surface area (Å²) in [5.41, 5.74) is 14.8. The third kappa shape index (κ3) is 18.7. The van der Waals surface area contributed by atoms with E-state index in [1.807, 2.05) is 19.1 Å². The van der Waals surface area contributed by atoms with Crippen molar-refractivity contribution in [1.82, 2.24) is 40.0 Å². The number of amides is 12. The smallest absolute Gasteiger partial charge is 0.415 e. The Morgan fingerprint density at radius 2 is 1.53 bits per heavy atom. The summed E-state index contributed by atoms with van der Waals surface area (Å²) in [6.45, 7) is 4.91. The number of phenols is 1. The average Bonchev–Trinajstić information content (AvgIpc) is 1.63. The molecule has 10 N–H and O–H groups in total. The molecule has 6 aromatic rings. The second kappa shape index (κ2) is 32.7. The van der Waals surface area contributed by atoms with Gasteiger partial charge in [-0.25, -0.2) is 24.2 Å². The highest BCUT2D eigenvalue weighted by molar-refractivity contribution is 6.19. The van der Waals surface area contributed by atoms with Crippen LogP contribution in [0.2, 0.25) is 0 Å². The number of nitrogens with one attached hydrogen (secondary N) is 5. The Kier molecular flexibility index (Phi) is 24.1. The zero-order valence-electron chi connectivity index (χ0n) is 52.6. The minimum absolute atomic E-state index is 0.00515. The van der Waals surface area contributed by atoms with Crippen LogP contribution in [0.4, 0.5) is 36.2 Å². The topological polar surface area (TPSA) is 387 Å². The van der Waals surface area contributed by atoms with E-state index in [9.17, 15) is 57.8 Å². The number of urea groups is 1. The van der Waals surface area contributed by atoms with E-state index >= 15 is 0 Å². The van der Waals surface area contributed by atoms with Crippen molar-refractivity contribution in [3.05, 3.63) is 137 Å². The van der Waals surface area contributed by atoms with Crippen LogP contribution >= 0.6 is 11.6 Å². The van der Waals surface area contributed by atoms with Crippen molar-refractivity contribution in [3.63, 3.8) is 0 Å². The van der Waals surface area contributed by atoms with Gasteiger partial charge in [0.25, 0.3) is 23.6 Å². The van der Waals surface area contributed by atoms with E-state index in [0.29, 0.717) is 39.2 Å².